The van der Waals surface area contributed by atoms with Crippen molar-refractivity contribution in [3.8, 4) is 0 Å². The standard InChI is InChI=1S/C13H17N3O7/c1-21-11(18)3-4-12(19)23-7-10(17)13(20)22-6-2-5-16-8-14-15-9-16/h3-4,8-10,17H,2,5-7H2,1H3/b4-3+. The van der Waals surface area contributed by atoms with Gasteiger partial charge in [-0.1, -0.05) is 0 Å². The molecule has 0 aliphatic rings. The van der Waals surface area contributed by atoms with Gasteiger partial charge in [0.05, 0.1) is 13.7 Å². The lowest BCUT2D eigenvalue weighted by Gasteiger charge is -2.10. The zero-order chi connectivity index (χ0) is 17.1. The number of carbonyl (C=O) groups excluding carboxylic acids is 3. The summed E-state index contributed by atoms with van der Waals surface area (Å²) in [7, 11) is 1.15. The largest absolute Gasteiger partial charge is 0.466 e. The van der Waals surface area contributed by atoms with E-state index >= 15 is 0 Å². The Morgan fingerprint density at radius 2 is 1.83 bits per heavy atom. The molecule has 0 bridgehead atoms. The fourth-order valence-electron chi connectivity index (χ4n) is 1.33. The van der Waals surface area contributed by atoms with Crippen molar-refractivity contribution in [1.82, 2.24) is 14.8 Å². The minimum atomic E-state index is -1.60. The number of hydrogen-bond acceptors (Lipinski definition) is 9. The molecule has 0 radical (unpaired) electrons. The Balaban J connectivity index is 2.16. The lowest BCUT2D eigenvalue weighted by molar-refractivity contribution is -0.159. The van der Waals surface area contributed by atoms with Crippen LogP contribution in [0.15, 0.2) is 24.8 Å². The molecular formula is C13H17N3O7. The van der Waals surface area contributed by atoms with Gasteiger partial charge in [-0.3, -0.25) is 0 Å². The van der Waals surface area contributed by atoms with E-state index in [1.54, 1.807) is 4.57 Å². The summed E-state index contributed by atoms with van der Waals surface area (Å²) in [4.78, 5) is 33.4. The fraction of sp³-hybridized carbons (Fsp3) is 0.462. The van der Waals surface area contributed by atoms with E-state index in [0.717, 1.165) is 19.3 Å². The number of aryl methyl sites for hydroxylation is 1. The van der Waals surface area contributed by atoms with E-state index < -0.39 is 30.6 Å². The molecule has 0 aliphatic carbocycles. The highest BCUT2D eigenvalue weighted by Crippen LogP contribution is 1.96. The first kappa shape index (κ1) is 18.3. The summed E-state index contributed by atoms with van der Waals surface area (Å²) in [6.45, 7) is 0.0720. The number of esters is 3. The second kappa shape index (κ2) is 10.1. The van der Waals surface area contributed by atoms with Crippen LogP contribution in [-0.4, -0.2) is 64.2 Å². The summed E-state index contributed by atoms with van der Waals surface area (Å²) in [5, 5.41) is 16.7. The Bertz CT molecular complexity index is 542. The third-order valence-electron chi connectivity index (χ3n) is 2.48. The maximum atomic E-state index is 11.4. The quantitative estimate of drug-likeness (QED) is 0.258. The lowest BCUT2D eigenvalue weighted by Crippen LogP contribution is -2.29. The van der Waals surface area contributed by atoms with Crippen molar-refractivity contribution in [1.29, 1.82) is 0 Å². The van der Waals surface area contributed by atoms with Gasteiger partial charge in [0.15, 0.2) is 6.10 Å². The first-order valence-electron chi connectivity index (χ1n) is 6.63. The van der Waals surface area contributed by atoms with Gasteiger partial charge in [0.25, 0.3) is 0 Å². The van der Waals surface area contributed by atoms with Crippen molar-refractivity contribution in [2.24, 2.45) is 0 Å². The first-order chi connectivity index (χ1) is 11.0. The molecule has 0 aliphatic heterocycles. The highest BCUT2D eigenvalue weighted by atomic mass is 16.6. The molecule has 0 spiro atoms. The Morgan fingerprint density at radius 1 is 1.17 bits per heavy atom. The second-order valence-electron chi connectivity index (χ2n) is 4.22. The van der Waals surface area contributed by atoms with Gasteiger partial charge in [-0.15, -0.1) is 10.2 Å². The third-order valence-corrected chi connectivity index (χ3v) is 2.48. The summed E-state index contributed by atoms with van der Waals surface area (Å²) in [5.41, 5.74) is 0. The van der Waals surface area contributed by atoms with Crippen LogP contribution in [0.25, 0.3) is 0 Å². The monoisotopic (exact) mass is 327 g/mol. The number of aromatic nitrogens is 3. The van der Waals surface area contributed by atoms with Crippen LogP contribution in [0, 0.1) is 0 Å². The maximum Gasteiger partial charge on any atom is 0.338 e. The molecule has 0 saturated heterocycles. The number of rotatable bonds is 9. The van der Waals surface area contributed by atoms with Crippen molar-refractivity contribution >= 4 is 17.9 Å². The Hall–Kier alpha value is -2.75. The molecule has 0 amide bonds. The molecule has 0 saturated carbocycles. The number of nitrogens with zero attached hydrogens (tertiary/aromatic N) is 3. The number of ether oxygens (including phenoxy) is 3. The molecule has 1 N–H and O–H groups in total. The SMILES string of the molecule is COC(=O)/C=C/C(=O)OCC(O)C(=O)OCCCn1cnnc1. The minimum absolute atomic E-state index is 0.0876. The average molecular weight is 327 g/mol. The molecule has 1 unspecified atom stereocenters. The summed E-state index contributed by atoms with van der Waals surface area (Å²) in [6, 6.07) is 0. The normalized spacial score (nSPS) is 11.9. The van der Waals surface area contributed by atoms with E-state index in [9.17, 15) is 19.5 Å². The fourth-order valence-corrected chi connectivity index (χ4v) is 1.33. The Kier molecular flexibility index (Phi) is 8.00. The smallest absolute Gasteiger partial charge is 0.338 e. The van der Waals surface area contributed by atoms with Crippen LogP contribution in [0.2, 0.25) is 0 Å². The van der Waals surface area contributed by atoms with Gasteiger partial charge in [0.2, 0.25) is 0 Å². The molecule has 1 atom stereocenters. The molecule has 1 aromatic heterocycles. The molecule has 1 aromatic rings. The molecule has 126 valence electrons. The van der Waals surface area contributed by atoms with Crippen LogP contribution >= 0.6 is 0 Å². The van der Waals surface area contributed by atoms with Gasteiger partial charge in [-0.2, -0.15) is 0 Å². The van der Waals surface area contributed by atoms with Gasteiger partial charge >= 0.3 is 17.9 Å². The molecule has 10 heteroatoms. The topological polar surface area (TPSA) is 130 Å². The number of aliphatic hydroxyl groups is 1. The minimum Gasteiger partial charge on any atom is -0.466 e. The van der Waals surface area contributed by atoms with Gasteiger partial charge in [0, 0.05) is 18.7 Å². The highest BCUT2D eigenvalue weighted by Gasteiger charge is 2.18. The van der Waals surface area contributed by atoms with Crippen molar-refractivity contribution in [2.75, 3.05) is 20.3 Å². The zero-order valence-electron chi connectivity index (χ0n) is 12.5. The lowest BCUT2D eigenvalue weighted by atomic mass is 10.4. The number of carbonyl (C=O) groups is 3. The van der Waals surface area contributed by atoms with Crippen molar-refractivity contribution in [3.05, 3.63) is 24.8 Å². The Labute approximate surface area is 131 Å². The number of hydrogen-bond donors (Lipinski definition) is 1. The van der Waals surface area contributed by atoms with E-state index in [1.165, 1.54) is 12.7 Å². The van der Waals surface area contributed by atoms with Crippen LogP contribution in [0.1, 0.15) is 6.42 Å². The van der Waals surface area contributed by atoms with Gasteiger partial charge in [-0.05, 0) is 6.42 Å². The maximum absolute atomic E-state index is 11.4. The number of methoxy groups -OCH3 is 1. The summed E-state index contributed by atoms with van der Waals surface area (Å²) < 4.78 is 15.4. The van der Waals surface area contributed by atoms with E-state index in [2.05, 4.69) is 19.7 Å². The van der Waals surface area contributed by atoms with E-state index in [-0.39, 0.29) is 6.61 Å². The highest BCUT2D eigenvalue weighted by molar-refractivity contribution is 5.91. The predicted molar refractivity (Wildman–Crippen MR) is 73.7 cm³/mol. The molecule has 10 nitrogen and oxygen atoms in total. The third kappa shape index (κ3) is 7.71. The van der Waals surface area contributed by atoms with Crippen LogP contribution in [0.5, 0.6) is 0 Å². The summed E-state index contributed by atoms with van der Waals surface area (Å²) in [5.74, 6) is -2.52. The van der Waals surface area contributed by atoms with E-state index in [1.807, 2.05) is 0 Å². The molecule has 23 heavy (non-hydrogen) atoms. The Morgan fingerprint density at radius 3 is 2.48 bits per heavy atom. The van der Waals surface area contributed by atoms with Crippen molar-refractivity contribution in [3.63, 3.8) is 0 Å². The van der Waals surface area contributed by atoms with Crippen LogP contribution in [0.3, 0.4) is 0 Å². The summed E-state index contributed by atoms with van der Waals surface area (Å²) in [6.07, 6.45) is 3.65. The van der Waals surface area contributed by atoms with Gasteiger partial charge in [-0.25, -0.2) is 14.4 Å². The van der Waals surface area contributed by atoms with Crippen molar-refractivity contribution < 1.29 is 33.7 Å². The van der Waals surface area contributed by atoms with Gasteiger partial charge < -0.3 is 23.9 Å². The van der Waals surface area contributed by atoms with Crippen LogP contribution < -0.4 is 0 Å². The second-order valence-corrected chi connectivity index (χ2v) is 4.22. The molecule has 0 aromatic carbocycles. The molecular weight excluding hydrogens is 310 g/mol. The molecule has 1 rings (SSSR count). The van der Waals surface area contributed by atoms with E-state index in [4.69, 9.17) is 4.74 Å². The van der Waals surface area contributed by atoms with Gasteiger partial charge in [0.1, 0.15) is 19.3 Å². The average Bonchev–Trinajstić information content (AvgIpc) is 3.07. The number of aliphatic hydroxyl groups excluding tert-OH is 1. The van der Waals surface area contributed by atoms with Crippen LogP contribution in [-0.2, 0) is 35.1 Å². The predicted octanol–water partition coefficient (Wildman–Crippen LogP) is -1.16. The molecule has 1 heterocycles. The van der Waals surface area contributed by atoms with Crippen LogP contribution in [0.4, 0.5) is 0 Å². The van der Waals surface area contributed by atoms with E-state index in [0.29, 0.717) is 13.0 Å². The van der Waals surface area contributed by atoms with Crippen molar-refractivity contribution in [2.45, 2.75) is 19.1 Å². The first-order valence-corrected chi connectivity index (χ1v) is 6.63. The summed E-state index contributed by atoms with van der Waals surface area (Å²) >= 11 is 0. The zero-order valence-corrected chi connectivity index (χ0v) is 12.5. The molecule has 0 fully saturated rings.